The molecule has 0 aromatic rings. The lowest BCUT2D eigenvalue weighted by atomic mass is 9.91. The fraction of sp³-hybridized carbons (Fsp3) is 0.526. The van der Waals surface area contributed by atoms with Gasteiger partial charge in [0.15, 0.2) is 0 Å². The third kappa shape index (κ3) is 4.37. The lowest BCUT2D eigenvalue weighted by molar-refractivity contribution is -0.130. The summed E-state index contributed by atoms with van der Waals surface area (Å²) in [5.74, 6) is -1.28. The highest BCUT2D eigenvalue weighted by Crippen LogP contribution is 2.23. The number of rotatable bonds is 5. The molecular formula is C19H24N4O6. The van der Waals surface area contributed by atoms with Crippen LogP contribution in [0.2, 0.25) is 0 Å². The van der Waals surface area contributed by atoms with Gasteiger partial charge >= 0.3 is 12.1 Å². The van der Waals surface area contributed by atoms with Crippen LogP contribution in [0.15, 0.2) is 28.8 Å². The monoisotopic (exact) mass is 404 g/mol. The number of imide groups is 1. The van der Waals surface area contributed by atoms with E-state index >= 15 is 0 Å². The Morgan fingerprint density at radius 2 is 1.86 bits per heavy atom. The third-order valence-electron chi connectivity index (χ3n) is 4.94. The van der Waals surface area contributed by atoms with E-state index in [2.05, 4.69) is 4.99 Å². The van der Waals surface area contributed by atoms with Gasteiger partial charge in [-0.1, -0.05) is 12.2 Å². The number of carbonyl (C=O) groups excluding carboxylic acids is 4. The number of amides is 5. The minimum absolute atomic E-state index is 0.134. The van der Waals surface area contributed by atoms with E-state index in [0.717, 1.165) is 4.90 Å². The Kier molecular flexibility index (Phi) is 6.42. The molecule has 3 rings (SSSR count). The Hall–Kier alpha value is -3.01. The fourth-order valence-electron chi connectivity index (χ4n) is 3.35. The van der Waals surface area contributed by atoms with Crippen LogP contribution in [0.3, 0.4) is 0 Å². The molecule has 29 heavy (non-hydrogen) atoms. The summed E-state index contributed by atoms with van der Waals surface area (Å²) >= 11 is 0. The Bertz CT molecular complexity index is 795. The van der Waals surface area contributed by atoms with E-state index in [9.17, 15) is 19.2 Å². The number of aliphatic imine (C=N–C) groups is 1. The number of methoxy groups -OCH3 is 1. The summed E-state index contributed by atoms with van der Waals surface area (Å²) in [5.41, 5.74) is 0.625. The molecule has 0 N–H and O–H groups in total. The first kappa shape index (κ1) is 20.7. The van der Waals surface area contributed by atoms with Crippen LogP contribution in [0, 0.1) is 5.92 Å². The minimum Gasteiger partial charge on any atom is -0.450 e. The van der Waals surface area contributed by atoms with Gasteiger partial charge < -0.3 is 19.3 Å². The predicted molar refractivity (Wildman–Crippen MR) is 102 cm³/mol. The van der Waals surface area contributed by atoms with Crippen molar-refractivity contribution in [1.82, 2.24) is 14.7 Å². The van der Waals surface area contributed by atoms with Crippen molar-refractivity contribution in [2.75, 3.05) is 53.0 Å². The van der Waals surface area contributed by atoms with Crippen LogP contribution in [-0.2, 0) is 19.1 Å². The van der Waals surface area contributed by atoms with Gasteiger partial charge in [0.1, 0.15) is 0 Å². The van der Waals surface area contributed by atoms with E-state index in [1.807, 2.05) is 0 Å². The van der Waals surface area contributed by atoms with Crippen LogP contribution in [0.1, 0.15) is 6.92 Å². The predicted octanol–water partition coefficient (Wildman–Crippen LogP) is 0.449. The number of nitrogens with zero attached hydrogens (tertiary/aromatic N) is 4. The van der Waals surface area contributed by atoms with Gasteiger partial charge in [-0.25, -0.2) is 9.59 Å². The molecule has 5 amide bonds. The molecule has 0 radical (unpaired) electrons. The van der Waals surface area contributed by atoms with Crippen LogP contribution in [-0.4, -0.2) is 97.4 Å². The third-order valence-corrected chi connectivity index (χ3v) is 4.94. The molecule has 1 unspecified atom stereocenters. The Morgan fingerprint density at radius 3 is 2.52 bits per heavy atom. The molecule has 10 nitrogen and oxygen atoms in total. The van der Waals surface area contributed by atoms with Crippen molar-refractivity contribution in [2.24, 2.45) is 10.9 Å². The van der Waals surface area contributed by atoms with Crippen LogP contribution >= 0.6 is 0 Å². The van der Waals surface area contributed by atoms with Gasteiger partial charge in [0.05, 0.1) is 31.4 Å². The summed E-state index contributed by atoms with van der Waals surface area (Å²) in [4.78, 5) is 57.5. The molecule has 0 aromatic heterocycles. The number of fused-ring (bicyclic) bond motifs is 1. The maximum atomic E-state index is 12.8. The van der Waals surface area contributed by atoms with Crippen LogP contribution in [0.25, 0.3) is 0 Å². The van der Waals surface area contributed by atoms with Crippen molar-refractivity contribution >= 4 is 29.7 Å². The summed E-state index contributed by atoms with van der Waals surface area (Å²) in [5, 5.41) is 0. The van der Waals surface area contributed by atoms with E-state index in [-0.39, 0.29) is 36.8 Å². The standard InChI is InChI=1S/C19H24N4O6/c1-3-29-19(27)22-8-6-21(7-9-22)16(24)13-4-5-14-15(12-13)20-18(26)23(17(14)25)10-11-28-2/h4-5,12,14H,3,6-11H2,1-2H3. The topological polar surface area (TPSA) is 109 Å². The molecule has 156 valence electrons. The highest BCUT2D eigenvalue weighted by molar-refractivity contribution is 6.23. The van der Waals surface area contributed by atoms with E-state index in [1.165, 1.54) is 13.2 Å². The highest BCUT2D eigenvalue weighted by atomic mass is 16.6. The molecule has 2 heterocycles. The Balaban J connectivity index is 1.66. The number of ether oxygens (including phenoxy) is 2. The molecule has 1 aliphatic carbocycles. The SMILES string of the molecule is CCOC(=O)N1CCN(C(=O)C2=CC3=NC(=O)N(CCOC)C(=O)C3C=C2)CC1. The van der Waals surface area contributed by atoms with Crippen LogP contribution < -0.4 is 0 Å². The average Bonchev–Trinajstić information content (AvgIpc) is 2.73. The first-order valence-electron chi connectivity index (χ1n) is 9.50. The van der Waals surface area contributed by atoms with Crippen molar-refractivity contribution in [3.63, 3.8) is 0 Å². The molecule has 0 spiro atoms. The molecule has 0 aromatic carbocycles. The number of piperazine rings is 1. The molecule has 2 aliphatic heterocycles. The van der Waals surface area contributed by atoms with Crippen LogP contribution in [0.5, 0.6) is 0 Å². The van der Waals surface area contributed by atoms with Crippen molar-refractivity contribution in [3.8, 4) is 0 Å². The molecule has 0 bridgehead atoms. The highest BCUT2D eigenvalue weighted by Gasteiger charge is 2.37. The normalized spacial score (nSPS) is 21.6. The second kappa shape index (κ2) is 8.99. The molecule has 1 atom stereocenters. The van der Waals surface area contributed by atoms with Gasteiger partial charge in [-0.3, -0.25) is 14.5 Å². The Morgan fingerprint density at radius 1 is 1.17 bits per heavy atom. The number of hydrogen-bond donors (Lipinski definition) is 0. The largest absolute Gasteiger partial charge is 0.450 e. The van der Waals surface area contributed by atoms with E-state index < -0.39 is 11.9 Å². The molecule has 1 fully saturated rings. The first-order chi connectivity index (χ1) is 14.0. The summed E-state index contributed by atoms with van der Waals surface area (Å²) in [6.45, 7) is 3.94. The maximum Gasteiger partial charge on any atom is 0.409 e. The van der Waals surface area contributed by atoms with Crippen molar-refractivity contribution in [1.29, 1.82) is 0 Å². The quantitative estimate of drug-likeness (QED) is 0.658. The molecule has 3 aliphatic rings. The summed E-state index contributed by atoms with van der Waals surface area (Å²) in [6.07, 6.45) is 4.29. The van der Waals surface area contributed by atoms with Gasteiger partial charge in [-0.05, 0) is 13.0 Å². The molecule has 10 heteroatoms. The summed E-state index contributed by atoms with van der Waals surface area (Å²) in [6, 6.07) is -0.653. The number of urea groups is 1. The van der Waals surface area contributed by atoms with Crippen molar-refractivity contribution in [2.45, 2.75) is 6.92 Å². The lowest BCUT2D eigenvalue weighted by Crippen LogP contribution is -2.51. The lowest BCUT2D eigenvalue weighted by Gasteiger charge is -2.35. The summed E-state index contributed by atoms with van der Waals surface area (Å²) < 4.78 is 9.90. The van der Waals surface area contributed by atoms with E-state index in [4.69, 9.17) is 9.47 Å². The second-order valence-electron chi connectivity index (χ2n) is 6.72. The van der Waals surface area contributed by atoms with Crippen molar-refractivity contribution < 1.29 is 28.7 Å². The fourth-order valence-corrected chi connectivity index (χ4v) is 3.35. The second-order valence-corrected chi connectivity index (χ2v) is 6.72. The smallest absolute Gasteiger partial charge is 0.409 e. The number of allylic oxidation sites excluding steroid dienone is 1. The van der Waals surface area contributed by atoms with Gasteiger partial charge in [-0.15, -0.1) is 0 Å². The molecular weight excluding hydrogens is 380 g/mol. The van der Waals surface area contributed by atoms with Crippen LogP contribution in [0.4, 0.5) is 9.59 Å². The number of carbonyl (C=O) groups is 4. The zero-order valence-corrected chi connectivity index (χ0v) is 16.5. The molecule has 0 saturated carbocycles. The zero-order valence-electron chi connectivity index (χ0n) is 16.5. The maximum absolute atomic E-state index is 12.8. The van der Waals surface area contributed by atoms with Gasteiger partial charge in [0.25, 0.3) is 5.91 Å². The average molecular weight is 404 g/mol. The Labute approximate surface area is 168 Å². The van der Waals surface area contributed by atoms with Crippen molar-refractivity contribution in [3.05, 3.63) is 23.8 Å². The van der Waals surface area contributed by atoms with Gasteiger partial charge in [0, 0.05) is 38.9 Å². The van der Waals surface area contributed by atoms with Gasteiger partial charge in [0.2, 0.25) is 5.91 Å². The van der Waals surface area contributed by atoms with E-state index in [1.54, 1.807) is 28.9 Å². The zero-order chi connectivity index (χ0) is 21.0. The first-order valence-corrected chi connectivity index (χ1v) is 9.50. The van der Waals surface area contributed by atoms with Gasteiger partial charge in [-0.2, -0.15) is 4.99 Å². The number of hydrogen-bond acceptors (Lipinski definition) is 6. The summed E-state index contributed by atoms with van der Waals surface area (Å²) in [7, 11) is 1.49. The molecule has 1 saturated heterocycles. The minimum atomic E-state index is -0.679. The van der Waals surface area contributed by atoms with E-state index in [0.29, 0.717) is 38.4 Å².